The lowest BCUT2D eigenvalue weighted by atomic mass is 10.1. The molecule has 0 aliphatic heterocycles. The van der Waals surface area contributed by atoms with Gasteiger partial charge in [-0.1, -0.05) is 12.1 Å². The van der Waals surface area contributed by atoms with E-state index < -0.39 is 0 Å². The normalized spacial score (nSPS) is 15.2. The van der Waals surface area contributed by atoms with Gasteiger partial charge in [-0.15, -0.1) is 0 Å². The molecule has 1 aromatic heterocycles. The van der Waals surface area contributed by atoms with E-state index in [1.165, 1.54) is 12.8 Å². The molecule has 3 heteroatoms. The van der Waals surface area contributed by atoms with Gasteiger partial charge in [0.05, 0.1) is 5.69 Å². The average Bonchev–Trinajstić information content (AvgIpc) is 2.94. The molecule has 0 atom stereocenters. The molecule has 1 aliphatic rings. The van der Waals surface area contributed by atoms with Crippen LogP contribution < -0.4 is 0 Å². The molecule has 3 rings (SSSR count). The first-order valence-electron chi connectivity index (χ1n) is 5.64. The van der Waals surface area contributed by atoms with Crippen LogP contribution in [-0.2, 0) is 6.54 Å². The fourth-order valence-electron chi connectivity index (χ4n) is 1.85. The number of rotatable bonds is 3. The molecule has 1 heterocycles. The number of hydrogen-bond donors (Lipinski definition) is 1. The minimum atomic E-state index is 0.286. The first-order valence-corrected chi connectivity index (χ1v) is 5.64. The third-order valence-electron chi connectivity index (χ3n) is 2.92. The highest BCUT2D eigenvalue weighted by atomic mass is 16.3. The predicted molar refractivity (Wildman–Crippen MR) is 62.1 cm³/mol. The molecule has 1 fully saturated rings. The van der Waals surface area contributed by atoms with Crippen LogP contribution in [0.4, 0.5) is 0 Å². The van der Waals surface area contributed by atoms with Crippen molar-refractivity contribution in [2.45, 2.75) is 19.4 Å². The Bertz CT molecular complexity index is 500. The summed E-state index contributed by atoms with van der Waals surface area (Å²) in [6.07, 6.45) is 4.68. The molecule has 16 heavy (non-hydrogen) atoms. The molecule has 0 amide bonds. The molecule has 2 aromatic rings. The van der Waals surface area contributed by atoms with Gasteiger partial charge in [0.15, 0.2) is 0 Å². The third kappa shape index (κ3) is 1.94. The van der Waals surface area contributed by atoms with Crippen molar-refractivity contribution in [3.05, 3.63) is 36.5 Å². The maximum Gasteiger partial charge on any atom is 0.116 e. The summed E-state index contributed by atoms with van der Waals surface area (Å²) < 4.78 is 2.00. The summed E-state index contributed by atoms with van der Waals surface area (Å²) in [6, 6.07) is 9.21. The van der Waals surface area contributed by atoms with E-state index in [4.69, 9.17) is 0 Å². The molecule has 1 N–H and O–H groups in total. The molecule has 1 aliphatic carbocycles. The first-order chi connectivity index (χ1) is 7.81. The summed E-state index contributed by atoms with van der Waals surface area (Å²) in [7, 11) is 0. The molecular formula is C13H14N2O. The number of benzene rings is 1. The van der Waals surface area contributed by atoms with Gasteiger partial charge in [0.25, 0.3) is 0 Å². The topological polar surface area (TPSA) is 38.0 Å². The SMILES string of the molecule is Oc1cccc(-c2ccn(CC3CC3)n2)c1. The van der Waals surface area contributed by atoms with Gasteiger partial charge in [0, 0.05) is 18.3 Å². The Morgan fingerprint density at radius 3 is 2.94 bits per heavy atom. The van der Waals surface area contributed by atoms with Gasteiger partial charge in [-0.25, -0.2) is 0 Å². The summed E-state index contributed by atoms with van der Waals surface area (Å²) in [5, 5.41) is 13.9. The number of aromatic hydroxyl groups is 1. The van der Waals surface area contributed by atoms with Crippen molar-refractivity contribution in [2.24, 2.45) is 5.92 Å². The monoisotopic (exact) mass is 214 g/mol. The van der Waals surface area contributed by atoms with Crippen LogP contribution in [0.5, 0.6) is 5.75 Å². The Morgan fingerprint density at radius 1 is 1.31 bits per heavy atom. The Kier molecular flexibility index (Phi) is 2.17. The highest BCUT2D eigenvalue weighted by Gasteiger charge is 2.21. The number of phenols is 1. The quantitative estimate of drug-likeness (QED) is 0.853. The van der Waals surface area contributed by atoms with Crippen LogP contribution in [0, 0.1) is 5.92 Å². The Hall–Kier alpha value is -1.77. The van der Waals surface area contributed by atoms with Crippen molar-refractivity contribution in [1.82, 2.24) is 9.78 Å². The second-order valence-electron chi connectivity index (χ2n) is 4.42. The number of phenolic OH excluding ortho intramolecular Hbond substituents is 1. The highest BCUT2D eigenvalue weighted by molar-refractivity contribution is 5.60. The second-order valence-corrected chi connectivity index (χ2v) is 4.42. The third-order valence-corrected chi connectivity index (χ3v) is 2.92. The van der Waals surface area contributed by atoms with E-state index in [1.807, 2.05) is 29.1 Å². The van der Waals surface area contributed by atoms with E-state index >= 15 is 0 Å². The maximum atomic E-state index is 9.40. The fourth-order valence-corrected chi connectivity index (χ4v) is 1.85. The smallest absolute Gasteiger partial charge is 0.116 e. The van der Waals surface area contributed by atoms with E-state index in [9.17, 15) is 5.11 Å². The van der Waals surface area contributed by atoms with Crippen molar-refractivity contribution in [3.8, 4) is 17.0 Å². The van der Waals surface area contributed by atoms with Crippen LogP contribution in [0.15, 0.2) is 36.5 Å². The fraction of sp³-hybridized carbons (Fsp3) is 0.308. The van der Waals surface area contributed by atoms with Gasteiger partial charge >= 0.3 is 0 Å². The molecule has 0 radical (unpaired) electrons. The minimum absolute atomic E-state index is 0.286. The molecule has 1 aromatic carbocycles. The maximum absolute atomic E-state index is 9.40. The van der Waals surface area contributed by atoms with Gasteiger partial charge in [-0.3, -0.25) is 4.68 Å². The van der Waals surface area contributed by atoms with Crippen molar-refractivity contribution in [1.29, 1.82) is 0 Å². The van der Waals surface area contributed by atoms with E-state index in [0.717, 1.165) is 23.7 Å². The van der Waals surface area contributed by atoms with Crippen LogP contribution in [0.2, 0.25) is 0 Å². The summed E-state index contributed by atoms with van der Waals surface area (Å²) in [5.74, 6) is 1.12. The zero-order chi connectivity index (χ0) is 11.0. The Morgan fingerprint density at radius 2 is 2.19 bits per heavy atom. The van der Waals surface area contributed by atoms with Gasteiger partial charge in [-0.2, -0.15) is 5.10 Å². The Labute approximate surface area is 94.3 Å². The highest BCUT2D eigenvalue weighted by Crippen LogP contribution is 2.30. The molecule has 1 saturated carbocycles. The summed E-state index contributed by atoms with van der Waals surface area (Å²) in [6.45, 7) is 1.03. The average molecular weight is 214 g/mol. The van der Waals surface area contributed by atoms with Crippen molar-refractivity contribution in [3.63, 3.8) is 0 Å². The molecule has 0 unspecified atom stereocenters. The van der Waals surface area contributed by atoms with Crippen LogP contribution in [0.1, 0.15) is 12.8 Å². The number of hydrogen-bond acceptors (Lipinski definition) is 2. The molecule has 3 nitrogen and oxygen atoms in total. The van der Waals surface area contributed by atoms with E-state index in [2.05, 4.69) is 5.10 Å². The van der Waals surface area contributed by atoms with Crippen LogP contribution in [0.3, 0.4) is 0 Å². The van der Waals surface area contributed by atoms with Crippen molar-refractivity contribution in [2.75, 3.05) is 0 Å². The zero-order valence-corrected chi connectivity index (χ0v) is 9.00. The van der Waals surface area contributed by atoms with E-state index in [1.54, 1.807) is 12.1 Å². The predicted octanol–water partition coefficient (Wildman–Crippen LogP) is 2.67. The van der Waals surface area contributed by atoms with Crippen LogP contribution in [-0.4, -0.2) is 14.9 Å². The van der Waals surface area contributed by atoms with Gasteiger partial charge in [-0.05, 0) is 37.0 Å². The van der Waals surface area contributed by atoms with E-state index in [0.29, 0.717) is 0 Å². The van der Waals surface area contributed by atoms with E-state index in [-0.39, 0.29) is 5.75 Å². The molecular weight excluding hydrogens is 200 g/mol. The first kappa shape index (κ1) is 9.46. The molecule has 0 saturated heterocycles. The minimum Gasteiger partial charge on any atom is -0.508 e. The van der Waals surface area contributed by atoms with Gasteiger partial charge < -0.3 is 5.11 Å². The standard InChI is InChI=1S/C13H14N2O/c16-12-3-1-2-11(8-12)13-6-7-15(14-13)9-10-4-5-10/h1-3,6-8,10,16H,4-5,9H2. The second kappa shape index (κ2) is 3.67. The molecule has 82 valence electrons. The summed E-state index contributed by atoms with van der Waals surface area (Å²) in [5.41, 5.74) is 1.89. The lowest BCUT2D eigenvalue weighted by molar-refractivity contribution is 0.475. The van der Waals surface area contributed by atoms with Gasteiger partial charge in [0.1, 0.15) is 5.75 Å². The van der Waals surface area contributed by atoms with Crippen LogP contribution in [0.25, 0.3) is 11.3 Å². The number of nitrogens with zero attached hydrogens (tertiary/aromatic N) is 2. The molecule has 0 spiro atoms. The number of aromatic nitrogens is 2. The van der Waals surface area contributed by atoms with Gasteiger partial charge in [0.2, 0.25) is 0 Å². The lowest BCUT2D eigenvalue weighted by Crippen LogP contribution is -1.99. The van der Waals surface area contributed by atoms with Crippen LogP contribution >= 0.6 is 0 Å². The zero-order valence-electron chi connectivity index (χ0n) is 9.00. The Balaban J connectivity index is 1.85. The largest absolute Gasteiger partial charge is 0.508 e. The molecule has 0 bridgehead atoms. The van der Waals surface area contributed by atoms with Crippen molar-refractivity contribution >= 4 is 0 Å². The summed E-state index contributed by atoms with van der Waals surface area (Å²) in [4.78, 5) is 0. The summed E-state index contributed by atoms with van der Waals surface area (Å²) >= 11 is 0. The lowest BCUT2D eigenvalue weighted by Gasteiger charge is -1.99. The van der Waals surface area contributed by atoms with Crippen molar-refractivity contribution < 1.29 is 5.11 Å².